The number of carbonyl (C=O) groups is 3. The molecule has 0 spiro atoms. The molecule has 0 aliphatic carbocycles. The lowest BCUT2D eigenvalue weighted by Crippen LogP contribution is -2.33. The molecule has 5 aromatic rings. The molecule has 0 saturated heterocycles. The topological polar surface area (TPSA) is 139 Å². The predicted octanol–water partition coefficient (Wildman–Crippen LogP) is 5.18. The molecule has 9 nitrogen and oxygen atoms in total. The molecule has 2 amide bonds. The second kappa shape index (κ2) is 12.9. The summed E-state index contributed by atoms with van der Waals surface area (Å²) in [5, 5.41) is 9.13. The van der Waals surface area contributed by atoms with Gasteiger partial charge in [0.25, 0.3) is 0 Å². The number of aldehydes is 1. The molecule has 0 fully saturated rings. The molecule has 5 rings (SSSR count). The first-order valence-corrected chi connectivity index (χ1v) is 12.8. The van der Waals surface area contributed by atoms with Crippen LogP contribution in [0.25, 0.3) is 10.2 Å². The molecule has 0 aliphatic heterocycles. The van der Waals surface area contributed by atoms with Gasteiger partial charge in [-0.15, -0.1) is 11.3 Å². The summed E-state index contributed by atoms with van der Waals surface area (Å²) in [7, 11) is 1.85. The molecule has 39 heavy (non-hydrogen) atoms. The number of para-hydroxylation sites is 4. The van der Waals surface area contributed by atoms with Gasteiger partial charge in [0.2, 0.25) is 11.8 Å². The van der Waals surface area contributed by atoms with Gasteiger partial charge < -0.3 is 21.7 Å². The summed E-state index contributed by atoms with van der Waals surface area (Å²) in [5.41, 5.74) is 8.46. The van der Waals surface area contributed by atoms with Crippen LogP contribution in [0.1, 0.15) is 21.4 Å². The largest absolute Gasteiger partial charge is 0.397 e. The molecule has 3 aromatic carbocycles. The smallest absolute Gasteiger partial charge is 0.244 e. The van der Waals surface area contributed by atoms with Crippen molar-refractivity contribution in [3.05, 3.63) is 108 Å². The first-order valence-electron chi connectivity index (χ1n) is 11.9. The van der Waals surface area contributed by atoms with E-state index >= 15 is 0 Å². The number of fused-ring (bicyclic) bond motifs is 1. The van der Waals surface area contributed by atoms with E-state index in [0.29, 0.717) is 26.5 Å². The van der Waals surface area contributed by atoms with Crippen LogP contribution in [0.3, 0.4) is 0 Å². The van der Waals surface area contributed by atoms with Crippen LogP contribution in [-0.4, -0.2) is 35.1 Å². The Hall–Kier alpha value is -5.09. The minimum absolute atomic E-state index is 0.0589. The fourth-order valence-corrected chi connectivity index (χ4v) is 4.44. The second-order valence-electron chi connectivity index (χ2n) is 8.24. The zero-order valence-electron chi connectivity index (χ0n) is 21.0. The normalized spacial score (nSPS) is 10.3. The van der Waals surface area contributed by atoms with Crippen LogP contribution in [0.5, 0.6) is 0 Å². The molecule has 0 radical (unpaired) electrons. The molecule has 0 atom stereocenters. The van der Waals surface area contributed by atoms with Gasteiger partial charge in [0, 0.05) is 30.0 Å². The van der Waals surface area contributed by atoms with Crippen LogP contribution < -0.4 is 21.7 Å². The maximum absolute atomic E-state index is 13.0. The number of nitrogen functional groups attached to an aromatic ring is 1. The van der Waals surface area contributed by atoms with Gasteiger partial charge in [-0.25, -0.2) is 9.97 Å². The SMILES string of the molecule is CNc1ccccc1N.O=Cc1cc2cnc(C(C(=O)Nc3ccccc3)C(=O)Nc3ccccc3)nc2s1. The molecule has 0 bridgehead atoms. The van der Waals surface area contributed by atoms with Crippen molar-refractivity contribution in [1.29, 1.82) is 0 Å². The number of thiophene rings is 1. The van der Waals surface area contributed by atoms with Crippen LogP contribution in [0, 0.1) is 0 Å². The van der Waals surface area contributed by atoms with Crippen molar-refractivity contribution in [2.45, 2.75) is 5.92 Å². The van der Waals surface area contributed by atoms with Gasteiger partial charge in [-0.3, -0.25) is 14.4 Å². The maximum atomic E-state index is 13.0. The highest BCUT2D eigenvalue weighted by Gasteiger charge is 2.32. The van der Waals surface area contributed by atoms with Crippen LogP contribution >= 0.6 is 11.3 Å². The van der Waals surface area contributed by atoms with E-state index in [-0.39, 0.29) is 5.82 Å². The van der Waals surface area contributed by atoms with Crippen molar-refractivity contribution in [2.24, 2.45) is 0 Å². The fraction of sp³-hybridized carbons (Fsp3) is 0.0690. The van der Waals surface area contributed by atoms with E-state index in [2.05, 4.69) is 25.9 Å². The summed E-state index contributed by atoms with van der Waals surface area (Å²) in [4.78, 5) is 46.8. The van der Waals surface area contributed by atoms with Crippen LogP contribution in [-0.2, 0) is 9.59 Å². The van der Waals surface area contributed by atoms with Gasteiger partial charge in [-0.1, -0.05) is 48.5 Å². The van der Waals surface area contributed by atoms with E-state index in [1.54, 1.807) is 54.6 Å². The Balaban J connectivity index is 0.000000333. The molecule has 10 heteroatoms. The number of rotatable bonds is 7. The average Bonchev–Trinajstić information content (AvgIpc) is 3.38. The Morgan fingerprint density at radius 2 is 1.44 bits per heavy atom. The molecular weight excluding hydrogens is 512 g/mol. The molecule has 2 heterocycles. The number of hydrogen-bond donors (Lipinski definition) is 4. The highest BCUT2D eigenvalue weighted by molar-refractivity contribution is 7.20. The average molecular weight is 539 g/mol. The van der Waals surface area contributed by atoms with Gasteiger partial charge in [0.1, 0.15) is 4.83 Å². The molecule has 2 aromatic heterocycles. The van der Waals surface area contributed by atoms with Crippen molar-refractivity contribution in [3.63, 3.8) is 0 Å². The van der Waals surface area contributed by atoms with Crippen molar-refractivity contribution in [3.8, 4) is 0 Å². The highest BCUT2D eigenvalue weighted by Crippen LogP contribution is 2.25. The zero-order valence-corrected chi connectivity index (χ0v) is 21.8. The summed E-state index contributed by atoms with van der Waals surface area (Å²) >= 11 is 1.18. The van der Waals surface area contributed by atoms with Gasteiger partial charge >= 0.3 is 0 Å². The first-order chi connectivity index (χ1) is 19.0. The summed E-state index contributed by atoms with van der Waals surface area (Å²) in [6.07, 6.45) is 2.24. The lowest BCUT2D eigenvalue weighted by Gasteiger charge is -2.16. The van der Waals surface area contributed by atoms with Crippen LogP contribution in [0.2, 0.25) is 0 Å². The second-order valence-corrected chi connectivity index (χ2v) is 9.30. The van der Waals surface area contributed by atoms with Gasteiger partial charge in [0.15, 0.2) is 18.0 Å². The van der Waals surface area contributed by atoms with E-state index < -0.39 is 17.7 Å². The Labute approximate surface area is 229 Å². The van der Waals surface area contributed by atoms with Gasteiger partial charge in [0.05, 0.1) is 16.3 Å². The molecule has 0 aliphatic rings. The van der Waals surface area contributed by atoms with E-state index in [9.17, 15) is 14.4 Å². The quantitative estimate of drug-likeness (QED) is 0.127. The number of nitrogens with zero attached hydrogens (tertiary/aromatic N) is 2. The molecule has 0 unspecified atom stereocenters. The number of nitrogens with two attached hydrogens (primary N) is 1. The summed E-state index contributed by atoms with van der Waals surface area (Å²) in [6, 6.07) is 27.0. The van der Waals surface area contributed by atoms with Gasteiger partial charge in [-0.05, 0) is 42.5 Å². The summed E-state index contributed by atoms with van der Waals surface area (Å²) in [6.45, 7) is 0. The number of hydrogen-bond acceptors (Lipinski definition) is 8. The van der Waals surface area contributed by atoms with E-state index in [1.165, 1.54) is 17.5 Å². The minimum Gasteiger partial charge on any atom is -0.397 e. The zero-order chi connectivity index (χ0) is 27.6. The predicted molar refractivity (Wildman–Crippen MR) is 156 cm³/mol. The Morgan fingerprint density at radius 1 is 0.872 bits per heavy atom. The van der Waals surface area contributed by atoms with E-state index in [0.717, 1.165) is 17.7 Å². The summed E-state index contributed by atoms with van der Waals surface area (Å²) < 4.78 is 0. The van der Waals surface area contributed by atoms with Crippen molar-refractivity contribution in [2.75, 3.05) is 28.7 Å². The van der Waals surface area contributed by atoms with E-state index in [1.807, 2.05) is 43.4 Å². The Bertz CT molecular complexity index is 1520. The lowest BCUT2D eigenvalue weighted by molar-refractivity contribution is -0.126. The Kier molecular flexibility index (Phi) is 8.94. The van der Waals surface area contributed by atoms with E-state index in [4.69, 9.17) is 5.73 Å². The van der Waals surface area contributed by atoms with Crippen molar-refractivity contribution >= 4 is 62.4 Å². The van der Waals surface area contributed by atoms with Crippen LogP contribution in [0.4, 0.5) is 22.7 Å². The molecule has 0 saturated carbocycles. The molecular formula is C29H26N6O3S. The number of benzene rings is 3. The number of amides is 2. The van der Waals surface area contributed by atoms with Gasteiger partial charge in [-0.2, -0.15) is 0 Å². The number of aromatic nitrogens is 2. The summed E-state index contributed by atoms with van der Waals surface area (Å²) in [5.74, 6) is -2.33. The van der Waals surface area contributed by atoms with Crippen molar-refractivity contribution in [1.82, 2.24) is 9.97 Å². The first kappa shape index (κ1) is 27.0. The standard InChI is InChI=1S/C22H16N4O3S.C7H10N2/c27-13-17-11-14-12-23-19(26-22(14)30-17)18(20(28)24-15-7-3-1-4-8-15)21(29)25-16-9-5-2-6-10-16;1-9-7-5-3-2-4-6(7)8/h1-13,18H,(H,24,28)(H,25,29);2-5,9H,8H2,1H3. The lowest BCUT2D eigenvalue weighted by atomic mass is 10.1. The Morgan fingerprint density at radius 3 is 1.95 bits per heavy atom. The molecule has 5 N–H and O–H groups in total. The third-order valence-corrected chi connectivity index (χ3v) is 6.49. The number of nitrogens with one attached hydrogen (secondary N) is 3. The number of carbonyl (C=O) groups excluding carboxylic acids is 3. The monoisotopic (exact) mass is 538 g/mol. The minimum atomic E-state index is -1.28. The number of anilines is 4. The third kappa shape index (κ3) is 7.02. The third-order valence-electron chi connectivity index (χ3n) is 5.52. The maximum Gasteiger partial charge on any atom is 0.244 e. The molecule has 196 valence electrons. The van der Waals surface area contributed by atoms with Crippen LogP contribution in [0.15, 0.2) is 97.2 Å². The fourth-order valence-electron chi connectivity index (χ4n) is 3.61. The highest BCUT2D eigenvalue weighted by atomic mass is 32.1. The van der Waals surface area contributed by atoms with Crippen molar-refractivity contribution < 1.29 is 14.4 Å².